The van der Waals surface area contributed by atoms with Gasteiger partial charge in [0, 0.05) is 46.5 Å². The number of phenols is 1. The zero-order valence-corrected chi connectivity index (χ0v) is 24.8. The minimum atomic E-state index is 0. The summed E-state index contributed by atoms with van der Waals surface area (Å²) in [5, 5.41) is 11.7. The summed E-state index contributed by atoms with van der Waals surface area (Å²) in [5.74, 6) is 0.269. The molecule has 7 aromatic rings. The van der Waals surface area contributed by atoms with Gasteiger partial charge in [-0.05, 0) is 46.5 Å². The third-order valence-electron chi connectivity index (χ3n) is 7.83. The van der Waals surface area contributed by atoms with Gasteiger partial charge in [-0.1, -0.05) is 127 Å². The Bertz CT molecular complexity index is 1870. The molecule has 0 atom stereocenters. The van der Waals surface area contributed by atoms with Gasteiger partial charge >= 0.3 is 0 Å². The van der Waals surface area contributed by atoms with E-state index in [0.717, 1.165) is 61.6 Å². The van der Waals surface area contributed by atoms with E-state index in [-0.39, 0.29) is 18.2 Å². The van der Waals surface area contributed by atoms with E-state index in [2.05, 4.69) is 120 Å². The van der Waals surface area contributed by atoms with E-state index in [9.17, 15) is 5.11 Å². The van der Waals surface area contributed by atoms with Gasteiger partial charge in [0.1, 0.15) is 5.75 Å². The smallest absolute Gasteiger partial charge is 0.219 e. The largest absolute Gasteiger partial charge is 1.00 e. The maximum absolute atomic E-state index is 11.7. The van der Waals surface area contributed by atoms with Crippen molar-refractivity contribution in [3.8, 4) is 67.3 Å². The predicted molar refractivity (Wildman–Crippen MR) is 177 cm³/mol. The lowest BCUT2D eigenvalue weighted by Crippen LogP contribution is -3.00. The lowest BCUT2D eigenvalue weighted by Gasteiger charge is -2.16. The normalized spacial score (nSPS) is 10.6. The van der Waals surface area contributed by atoms with Crippen molar-refractivity contribution in [3.63, 3.8) is 0 Å². The number of rotatable bonds is 6. The van der Waals surface area contributed by atoms with Gasteiger partial charge < -0.3 is 17.5 Å². The highest BCUT2D eigenvalue weighted by Crippen LogP contribution is 2.40. The van der Waals surface area contributed by atoms with Gasteiger partial charge in [-0.2, -0.15) is 4.57 Å². The van der Waals surface area contributed by atoms with E-state index in [4.69, 9.17) is 0 Å². The second-order valence-corrected chi connectivity index (χ2v) is 10.6. The Morgan fingerprint density at radius 1 is 0.341 bits per heavy atom. The van der Waals surface area contributed by atoms with Crippen LogP contribution in [0.5, 0.6) is 5.75 Å². The number of nitrogens with zero attached hydrogens (tertiary/aromatic N) is 1. The summed E-state index contributed by atoms with van der Waals surface area (Å²) < 4.78 is 2.33. The van der Waals surface area contributed by atoms with E-state index in [1.807, 2.05) is 60.7 Å². The molecule has 0 spiro atoms. The number of benzene rings is 6. The van der Waals surface area contributed by atoms with Crippen LogP contribution in [0.1, 0.15) is 0 Å². The number of hydrogen-bond acceptors (Lipinski definition) is 1. The molecule has 0 bridgehead atoms. The fourth-order valence-electron chi connectivity index (χ4n) is 5.74. The lowest BCUT2D eigenvalue weighted by molar-refractivity contribution is -0.572. The summed E-state index contributed by atoms with van der Waals surface area (Å²) >= 11 is 0. The van der Waals surface area contributed by atoms with Gasteiger partial charge in [0.05, 0.1) is 0 Å². The first-order valence-corrected chi connectivity index (χ1v) is 14.5. The van der Waals surface area contributed by atoms with Crippen molar-refractivity contribution in [2.24, 2.45) is 0 Å². The first kappa shape index (κ1) is 28.7. The standard InChI is InChI=1S/C41H29NO.ClH/c43-41-37(31-18-8-2-9-19-31)28-36(29-38(41)32-20-10-3-11-21-32)42-39(33-22-12-4-13-23-33)26-35(30-16-6-1-7-17-30)27-40(42)34-24-14-5-15-25-34;/h1-29H;1H. The van der Waals surface area contributed by atoms with Crippen LogP contribution in [0.2, 0.25) is 0 Å². The number of pyridine rings is 1. The molecule has 0 fully saturated rings. The van der Waals surface area contributed by atoms with E-state index >= 15 is 0 Å². The van der Waals surface area contributed by atoms with Gasteiger partial charge in [-0.15, -0.1) is 0 Å². The summed E-state index contributed by atoms with van der Waals surface area (Å²) in [4.78, 5) is 0. The molecule has 0 saturated heterocycles. The molecule has 44 heavy (non-hydrogen) atoms. The van der Waals surface area contributed by atoms with Crippen molar-refractivity contribution in [2.75, 3.05) is 0 Å². The molecular weight excluding hydrogens is 558 g/mol. The molecular formula is C41H30ClNO. The molecule has 212 valence electrons. The maximum Gasteiger partial charge on any atom is 0.219 e. The van der Waals surface area contributed by atoms with Crippen LogP contribution in [-0.4, -0.2) is 5.11 Å². The first-order valence-electron chi connectivity index (χ1n) is 14.5. The predicted octanol–water partition coefficient (Wildman–Crippen LogP) is 7.01. The molecule has 2 nitrogen and oxygen atoms in total. The molecule has 0 amide bonds. The lowest BCUT2D eigenvalue weighted by atomic mass is 9.94. The van der Waals surface area contributed by atoms with Crippen LogP contribution >= 0.6 is 0 Å². The second kappa shape index (κ2) is 12.8. The number of hydrogen-bond donors (Lipinski definition) is 1. The summed E-state index contributed by atoms with van der Waals surface area (Å²) in [5.41, 5.74) is 11.1. The Balaban J connectivity index is 0.00000343. The Labute approximate surface area is 264 Å². The maximum atomic E-state index is 11.7. The molecule has 1 N–H and O–H groups in total. The highest BCUT2D eigenvalue weighted by atomic mass is 35.5. The average Bonchev–Trinajstić information content (AvgIpc) is 3.10. The van der Waals surface area contributed by atoms with Crippen LogP contribution in [0, 0.1) is 0 Å². The van der Waals surface area contributed by atoms with Gasteiger partial charge in [0.15, 0.2) is 0 Å². The second-order valence-electron chi connectivity index (χ2n) is 10.6. The van der Waals surface area contributed by atoms with Crippen molar-refractivity contribution >= 4 is 0 Å². The summed E-state index contributed by atoms with van der Waals surface area (Å²) in [6, 6.07) is 60.6. The minimum Gasteiger partial charge on any atom is -1.00 e. The van der Waals surface area contributed by atoms with Crippen molar-refractivity contribution in [1.29, 1.82) is 0 Å². The molecule has 0 saturated carbocycles. The van der Waals surface area contributed by atoms with Crippen molar-refractivity contribution in [1.82, 2.24) is 0 Å². The van der Waals surface area contributed by atoms with Gasteiger partial charge in [0.25, 0.3) is 0 Å². The van der Waals surface area contributed by atoms with Gasteiger partial charge in [-0.3, -0.25) is 0 Å². The molecule has 0 radical (unpaired) electrons. The molecule has 0 aliphatic carbocycles. The van der Waals surface area contributed by atoms with Crippen LogP contribution in [0.15, 0.2) is 176 Å². The molecule has 3 heteroatoms. The molecule has 6 aromatic carbocycles. The molecule has 0 aliphatic rings. The third-order valence-corrected chi connectivity index (χ3v) is 7.83. The van der Waals surface area contributed by atoms with Crippen LogP contribution in [0.3, 0.4) is 0 Å². The SMILES string of the molecule is Oc1c(-c2ccccc2)cc(-[n+]2c(-c3ccccc3)cc(-c3ccccc3)cc2-c2ccccc2)cc1-c1ccccc1.[Cl-]. The fraction of sp³-hybridized carbons (Fsp3) is 0. The number of halogens is 1. The van der Waals surface area contributed by atoms with Crippen LogP contribution in [0.25, 0.3) is 61.6 Å². The zero-order valence-electron chi connectivity index (χ0n) is 24.0. The highest BCUT2D eigenvalue weighted by Gasteiger charge is 2.27. The van der Waals surface area contributed by atoms with Crippen molar-refractivity contribution in [3.05, 3.63) is 176 Å². The van der Waals surface area contributed by atoms with Crippen molar-refractivity contribution in [2.45, 2.75) is 0 Å². The number of phenolic OH excluding ortho intramolecular Hbond substituents is 1. The van der Waals surface area contributed by atoms with E-state index < -0.39 is 0 Å². The van der Waals surface area contributed by atoms with Gasteiger partial charge in [-0.25, -0.2) is 0 Å². The Kier molecular flexibility index (Phi) is 8.36. The Hall–Kier alpha value is -5.44. The van der Waals surface area contributed by atoms with E-state index in [0.29, 0.717) is 0 Å². The first-order chi connectivity index (χ1) is 21.3. The van der Waals surface area contributed by atoms with Gasteiger partial charge in [0.2, 0.25) is 17.1 Å². The van der Waals surface area contributed by atoms with Crippen LogP contribution in [-0.2, 0) is 0 Å². The number of aromatic nitrogens is 1. The average molecular weight is 588 g/mol. The van der Waals surface area contributed by atoms with E-state index in [1.165, 1.54) is 0 Å². The van der Waals surface area contributed by atoms with Crippen molar-refractivity contribution < 1.29 is 22.1 Å². The monoisotopic (exact) mass is 587 g/mol. The fourth-order valence-corrected chi connectivity index (χ4v) is 5.74. The third kappa shape index (κ3) is 5.64. The molecule has 1 heterocycles. The zero-order chi connectivity index (χ0) is 29.0. The summed E-state index contributed by atoms with van der Waals surface area (Å²) in [7, 11) is 0. The molecule has 7 rings (SSSR count). The topological polar surface area (TPSA) is 24.1 Å². The highest BCUT2D eigenvalue weighted by molar-refractivity contribution is 5.84. The summed E-state index contributed by atoms with van der Waals surface area (Å²) in [6.07, 6.45) is 0. The molecule has 1 aromatic heterocycles. The van der Waals surface area contributed by atoms with E-state index in [1.54, 1.807) is 0 Å². The summed E-state index contributed by atoms with van der Waals surface area (Å²) in [6.45, 7) is 0. The van der Waals surface area contributed by atoms with Crippen LogP contribution < -0.4 is 17.0 Å². The molecule has 0 aliphatic heterocycles. The molecule has 0 unspecified atom stereocenters. The quantitative estimate of drug-likeness (QED) is 0.208. The van der Waals surface area contributed by atoms with Crippen LogP contribution in [0.4, 0.5) is 0 Å². The Morgan fingerprint density at radius 3 is 1.02 bits per heavy atom. The Morgan fingerprint density at radius 2 is 0.659 bits per heavy atom. The minimum absolute atomic E-state index is 0. The number of aromatic hydroxyl groups is 1.